The third-order valence-corrected chi connectivity index (χ3v) is 5.15. The topological polar surface area (TPSA) is 66.4 Å². The van der Waals surface area contributed by atoms with Gasteiger partial charge >= 0.3 is 0 Å². The summed E-state index contributed by atoms with van der Waals surface area (Å²) in [7, 11) is 1.83. The highest BCUT2D eigenvalue weighted by atomic mass is 35.5. The highest BCUT2D eigenvalue weighted by Crippen LogP contribution is 2.20. The summed E-state index contributed by atoms with van der Waals surface area (Å²) < 4.78 is 1.77. The van der Waals surface area contributed by atoms with Gasteiger partial charge in [0.25, 0.3) is 5.91 Å². The summed E-state index contributed by atoms with van der Waals surface area (Å²) in [5.41, 5.74) is 0.611. The van der Waals surface area contributed by atoms with Crippen LogP contribution >= 0.6 is 11.6 Å². The lowest BCUT2D eigenvalue weighted by Gasteiger charge is -2.33. The minimum Gasteiger partial charge on any atom is -0.354 e. The molecule has 3 heterocycles. The molecule has 132 valence electrons. The van der Waals surface area contributed by atoms with Crippen LogP contribution in [0, 0.1) is 5.92 Å². The molecule has 2 atom stereocenters. The fraction of sp³-hybridized carbons (Fsp3) is 0.647. The Balaban J connectivity index is 1.53. The fourth-order valence-electron chi connectivity index (χ4n) is 3.59. The first kappa shape index (κ1) is 17.3. The van der Waals surface area contributed by atoms with Gasteiger partial charge in [0.2, 0.25) is 5.91 Å². The number of piperidine rings is 1. The second-order valence-electron chi connectivity index (χ2n) is 6.81. The van der Waals surface area contributed by atoms with Crippen molar-refractivity contribution < 1.29 is 9.59 Å². The maximum atomic E-state index is 12.7. The Morgan fingerprint density at radius 2 is 2.21 bits per heavy atom. The highest BCUT2D eigenvalue weighted by Gasteiger charge is 2.27. The van der Waals surface area contributed by atoms with Crippen molar-refractivity contribution in [2.24, 2.45) is 13.0 Å². The predicted molar refractivity (Wildman–Crippen MR) is 93.1 cm³/mol. The first-order valence-electron chi connectivity index (χ1n) is 8.67. The van der Waals surface area contributed by atoms with Crippen LogP contribution in [0.4, 0.5) is 0 Å². The number of nitrogens with zero attached hydrogens (tertiary/aromatic N) is 2. The van der Waals surface area contributed by atoms with E-state index in [1.54, 1.807) is 16.8 Å². The molecule has 3 rings (SSSR count). The number of aryl methyl sites for hydroxylation is 1. The van der Waals surface area contributed by atoms with Gasteiger partial charge in [-0.15, -0.1) is 0 Å². The number of hydrogen-bond acceptors (Lipinski definition) is 3. The van der Waals surface area contributed by atoms with E-state index >= 15 is 0 Å². The van der Waals surface area contributed by atoms with Gasteiger partial charge in [-0.2, -0.15) is 0 Å². The maximum Gasteiger partial charge on any atom is 0.270 e. The van der Waals surface area contributed by atoms with Gasteiger partial charge in [0, 0.05) is 32.9 Å². The molecule has 0 aromatic carbocycles. The summed E-state index contributed by atoms with van der Waals surface area (Å²) in [6.45, 7) is 2.99. The van der Waals surface area contributed by atoms with E-state index in [4.69, 9.17) is 11.6 Å². The molecule has 7 heteroatoms. The van der Waals surface area contributed by atoms with Gasteiger partial charge in [-0.25, -0.2) is 0 Å². The van der Waals surface area contributed by atoms with Crippen LogP contribution < -0.4 is 10.6 Å². The van der Waals surface area contributed by atoms with Crippen LogP contribution in [0.5, 0.6) is 0 Å². The maximum absolute atomic E-state index is 12.7. The molecule has 0 radical (unpaired) electrons. The Kier molecular flexibility index (Phi) is 5.46. The smallest absolute Gasteiger partial charge is 0.270 e. The first-order chi connectivity index (χ1) is 11.5. The van der Waals surface area contributed by atoms with Crippen molar-refractivity contribution in [1.82, 2.24) is 20.1 Å². The van der Waals surface area contributed by atoms with E-state index in [-0.39, 0.29) is 17.9 Å². The minimum absolute atomic E-state index is 0.0119. The Hall–Kier alpha value is -1.53. The second-order valence-corrected chi connectivity index (χ2v) is 7.24. The number of nitrogens with one attached hydrogen (secondary N) is 2. The fourth-order valence-corrected chi connectivity index (χ4v) is 3.84. The summed E-state index contributed by atoms with van der Waals surface area (Å²) >= 11 is 5.98. The molecule has 2 amide bonds. The van der Waals surface area contributed by atoms with Crippen LogP contribution in [0.15, 0.2) is 12.3 Å². The lowest BCUT2D eigenvalue weighted by atomic mass is 9.97. The largest absolute Gasteiger partial charge is 0.354 e. The first-order valence-corrected chi connectivity index (χ1v) is 9.04. The number of carbonyl (C=O) groups excluding carboxylic acids is 2. The van der Waals surface area contributed by atoms with E-state index < -0.39 is 0 Å². The molecular formula is C17H25ClN4O2. The van der Waals surface area contributed by atoms with Crippen molar-refractivity contribution in [3.63, 3.8) is 0 Å². The zero-order valence-electron chi connectivity index (χ0n) is 14.1. The molecule has 2 aliphatic rings. The molecule has 2 aliphatic heterocycles. The van der Waals surface area contributed by atoms with Gasteiger partial charge in [0.1, 0.15) is 5.69 Å². The molecule has 6 nitrogen and oxygen atoms in total. The lowest BCUT2D eigenvalue weighted by Crippen LogP contribution is -2.47. The van der Waals surface area contributed by atoms with Gasteiger partial charge in [-0.05, 0) is 44.2 Å². The van der Waals surface area contributed by atoms with E-state index in [1.165, 1.54) is 0 Å². The van der Waals surface area contributed by atoms with Gasteiger partial charge in [0.15, 0.2) is 0 Å². The lowest BCUT2D eigenvalue weighted by molar-refractivity contribution is -0.123. The minimum atomic E-state index is -0.0446. The zero-order valence-corrected chi connectivity index (χ0v) is 14.8. The van der Waals surface area contributed by atoms with Crippen molar-refractivity contribution in [3.05, 3.63) is 23.0 Å². The van der Waals surface area contributed by atoms with Gasteiger partial charge < -0.3 is 20.1 Å². The molecule has 1 aromatic heterocycles. The van der Waals surface area contributed by atoms with Crippen molar-refractivity contribution in [1.29, 1.82) is 0 Å². The van der Waals surface area contributed by atoms with Gasteiger partial charge in [-0.1, -0.05) is 11.6 Å². The summed E-state index contributed by atoms with van der Waals surface area (Å²) in [6.07, 6.45) is 5.71. The van der Waals surface area contributed by atoms with Crippen LogP contribution in [0.2, 0.25) is 5.02 Å². The Bertz CT molecular complexity index is 610. The number of likely N-dealkylation sites (tertiary alicyclic amines) is 1. The Labute approximate surface area is 147 Å². The van der Waals surface area contributed by atoms with Crippen LogP contribution in [-0.4, -0.2) is 53.5 Å². The molecule has 2 saturated heterocycles. The average molecular weight is 353 g/mol. The third kappa shape index (κ3) is 3.92. The average Bonchev–Trinajstić information content (AvgIpc) is 3.22. The molecule has 2 unspecified atom stereocenters. The number of rotatable bonds is 4. The van der Waals surface area contributed by atoms with E-state index in [9.17, 15) is 9.59 Å². The number of aromatic nitrogens is 1. The molecular weight excluding hydrogens is 328 g/mol. The van der Waals surface area contributed by atoms with E-state index in [0.29, 0.717) is 29.7 Å². The van der Waals surface area contributed by atoms with Crippen LogP contribution in [0.1, 0.15) is 36.2 Å². The molecule has 0 aliphatic carbocycles. The van der Waals surface area contributed by atoms with E-state index in [0.717, 1.165) is 38.8 Å². The van der Waals surface area contributed by atoms with Crippen LogP contribution in [-0.2, 0) is 11.8 Å². The molecule has 2 N–H and O–H groups in total. The standard InChI is InChI=1S/C17H25ClN4O2/c1-21-11-13(18)8-15(21)17(24)22-7-3-4-12(10-22)9-20-16(23)14-5-2-6-19-14/h8,11-12,14,19H,2-7,9-10H2,1H3,(H,20,23). The molecule has 24 heavy (non-hydrogen) atoms. The van der Waals surface area contributed by atoms with Crippen molar-refractivity contribution in [2.75, 3.05) is 26.2 Å². The van der Waals surface area contributed by atoms with Crippen LogP contribution in [0.3, 0.4) is 0 Å². The quantitative estimate of drug-likeness (QED) is 0.860. The van der Waals surface area contributed by atoms with Gasteiger partial charge in [0.05, 0.1) is 11.1 Å². The van der Waals surface area contributed by atoms with Crippen LogP contribution in [0.25, 0.3) is 0 Å². The number of amides is 2. The summed E-state index contributed by atoms with van der Waals surface area (Å²) in [5, 5.41) is 6.83. The highest BCUT2D eigenvalue weighted by molar-refractivity contribution is 6.31. The van der Waals surface area contributed by atoms with E-state index in [1.807, 2.05) is 11.9 Å². The van der Waals surface area contributed by atoms with E-state index in [2.05, 4.69) is 10.6 Å². The molecule has 0 bridgehead atoms. The van der Waals surface area contributed by atoms with Crippen molar-refractivity contribution in [2.45, 2.75) is 31.7 Å². The Morgan fingerprint density at radius 1 is 1.38 bits per heavy atom. The Morgan fingerprint density at radius 3 is 2.88 bits per heavy atom. The second kappa shape index (κ2) is 7.57. The summed E-state index contributed by atoms with van der Waals surface area (Å²) in [5.74, 6) is 0.409. The zero-order chi connectivity index (χ0) is 17.1. The predicted octanol–water partition coefficient (Wildman–Crippen LogP) is 1.40. The number of carbonyl (C=O) groups is 2. The number of hydrogen-bond donors (Lipinski definition) is 2. The monoisotopic (exact) mass is 352 g/mol. The normalized spacial score (nSPS) is 24.2. The molecule has 2 fully saturated rings. The number of halogens is 1. The van der Waals surface area contributed by atoms with Crippen molar-refractivity contribution >= 4 is 23.4 Å². The SMILES string of the molecule is Cn1cc(Cl)cc1C(=O)N1CCCC(CNC(=O)C2CCCN2)C1. The molecule has 0 saturated carbocycles. The third-order valence-electron chi connectivity index (χ3n) is 4.94. The molecule has 0 spiro atoms. The van der Waals surface area contributed by atoms with Crippen molar-refractivity contribution in [3.8, 4) is 0 Å². The summed E-state index contributed by atoms with van der Waals surface area (Å²) in [4.78, 5) is 26.7. The molecule has 1 aromatic rings. The summed E-state index contributed by atoms with van der Waals surface area (Å²) in [6, 6.07) is 1.66. The van der Waals surface area contributed by atoms with Gasteiger partial charge in [-0.3, -0.25) is 9.59 Å².